The third-order valence-electron chi connectivity index (χ3n) is 3.55. The first-order valence-electron chi connectivity index (χ1n) is 6.40. The van der Waals surface area contributed by atoms with E-state index in [0.717, 1.165) is 0 Å². The third kappa shape index (κ3) is 2.39. The lowest BCUT2D eigenvalue weighted by Crippen LogP contribution is -2.26. The molecule has 20 heavy (non-hydrogen) atoms. The van der Waals surface area contributed by atoms with Gasteiger partial charge in [-0.3, -0.25) is 4.79 Å². The minimum atomic E-state index is -1.15. The second-order valence-electron chi connectivity index (χ2n) is 4.85. The van der Waals surface area contributed by atoms with E-state index in [2.05, 4.69) is 0 Å². The molecule has 2 aliphatic rings. The molecule has 2 heterocycles. The van der Waals surface area contributed by atoms with Crippen LogP contribution in [0.15, 0.2) is 30.3 Å². The summed E-state index contributed by atoms with van der Waals surface area (Å²) >= 11 is 0. The van der Waals surface area contributed by atoms with Crippen LogP contribution in [-0.4, -0.2) is 42.1 Å². The molecule has 3 rings (SSSR count). The fourth-order valence-corrected chi connectivity index (χ4v) is 2.54. The van der Waals surface area contributed by atoms with E-state index in [1.807, 2.05) is 0 Å². The minimum Gasteiger partial charge on any atom is -0.459 e. The predicted octanol–water partition coefficient (Wildman–Crippen LogP) is 0.492. The molecule has 0 spiro atoms. The van der Waals surface area contributed by atoms with Crippen molar-refractivity contribution in [2.45, 2.75) is 24.9 Å². The summed E-state index contributed by atoms with van der Waals surface area (Å²) in [4.78, 5) is 23.0. The standard InChI is InChI=1S/C14H14O6/c15-11-6-9-10(19-14(17)12(9)20-11)7-18-13(16)8-4-2-1-3-5-8/h1-5,9-10,12,14,17H,6-7H2/t9-,10-,12?,14?/m1/s1. The van der Waals surface area contributed by atoms with Gasteiger partial charge in [-0.1, -0.05) is 18.2 Å². The van der Waals surface area contributed by atoms with Crippen LogP contribution in [0.2, 0.25) is 0 Å². The largest absolute Gasteiger partial charge is 0.459 e. The molecule has 1 aromatic carbocycles. The Labute approximate surface area is 115 Å². The number of benzene rings is 1. The monoisotopic (exact) mass is 278 g/mol. The van der Waals surface area contributed by atoms with Gasteiger partial charge in [-0.05, 0) is 12.1 Å². The SMILES string of the molecule is O=C1C[C@H]2C(O1)C(O)O[C@@H]2COC(=O)c1ccccc1. The number of carbonyl (C=O) groups excluding carboxylic acids is 2. The molecule has 0 saturated carbocycles. The maximum absolute atomic E-state index is 11.8. The first-order valence-corrected chi connectivity index (χ1v) is 6.40. The van der Waals surface area contributed by atoms with Gasteiger partial charge in [-0.15, -0.1) is 0 Å². The normalized spacial score (nSPS) is 31.8. The van der Waals surface area contributed by atoms with Crippen LogP contribution in [0, 0.1) is 5.92 Å². The van der Waals surface area contributed by atoms with Crippen molar-refractivity contribution in [1.82, 2.24) is 0 Å². The summed E-state index contributed by atoms with van der Waals surface area (Å²) in [7, 11) is 0. The molecule has 2 unspecified atom stereocenters. The van der Waals surface area contributed by atoms with Crippen LogP contribution in [0.25, 0.3) is 0 Å². The van der Waals surface area contributed by atoms with Crippen molar-refractivity contribution in [3.63, 3.8) is 0 Å². The molecule has 106 valence electrons. The molecule has 2 fully saturated rings. The maximum Gasteiger partial charge on any atom is 0.338 e. The van der Waals surface area contributed by atoms with Crippen LogP contribution < -0.4 is 0 Å². The number of esters is 2. The summed E-state index contributed by atoms with van der Waals surface area (Å²) in [6, 6.07) is 8.59. The van der Waals surface area contributed by atoms with E-state index in [4.69, 9.17) is 14.2 Å². The number of fused-ring (bicyclic) bond motifs is 1. The summed E-state index contributed by atoms with van der Waals surface area (Å²) in [6.45, 7) is -0.0113. The van der Waals surface area contributed by atoms with Gasteiger partial charge in [0.1, 0.15) is 12.7 Å². The molecule has 0 amide bonds. The van der Waals surface area contributed by atoms with E-state index in [9.17, 15) is 14.7 Å². The van der Waals surface area contributed by atoms with E-state index < -0.39 is 24.5 Å². The van der Waals surface area contributed by atoms with Crippen molar-refractivity contribution in [1.29, 1.82) is 0 Å². The molecule has 0 bridgehead atoms. The lowest BCUT2D eigenvalue weighted by Gasteiger charge is -2.14. The zero-order valence-corrected chi connectivity index (χ0v) is 10.6. The summed E-state index contributed by atoms with van der Waals surface area (Å²) in [5.74, 6) is -1.08. The smallest absolute Gasteiger partial charge is 0.338 e. The Morgan fingerprint density at radius 1 is 1.35 bits per heavy atom. The molecular weight excluding hydrogens is 264 g/mol. The van der Waals surface area contributed by atoms with Gasteiger partial charge in [0.2, 0.25) is 0 Å². The fourth-order valence-electron chi connectivity index (χ4n) is 2.54. The zero-order chi connectivity index (χ0) is 14.1. The van der Waals surface area contributed by atoms with E-state index in [0.29, 0.717) is 5.56 Å². The lowest BCUT2D eigenvalue weighted by molar-refractivity contribution is -0.167. The molecule has 1 N–H and O–H groups in total. The molecule has 0 aromatic heterocycles. The van der Waals surface area contributed by atoms with Crippen molar-refractivity contribution in [3.05, 3.63) is 35.9 Å². The molecule has 2 aliphatic heterocycles. The lowest BCUT2D eigenvalue weighted by atomic mass is 9.98. The number of hydrogen-bond acceptors (Lipinski definition) is 6. The van der Waals surface area contributed by atoms with Gasteiger partial charge in [0.15, 0.2) is 12.4 Å². The Bertz CT molecular complexity index is 514. The van der Waals surface area contributed by atoms with E-state index in [-0.39, 0.29) is 24.9 Å². The molecule has 1 aromatic rings. The summed E-state index contributed by atoms with van der Waals surface area (Å²) in [6.07, 6.45) is -2.14. The van der Waals surface area contributed by atoms with Crippen molar-refractivity contribution < 1.29 is 28.9 Å². The average Bonchev–Trinajstić information content (AvgIpc) is 2.97. The molecular formula is C14H14O6. The molecule has 0 radical (unpaired) electrons. The van der Waals surface area contributed by atoms with Gasteiger partial charge in [-0.25, -0.2) is 4.79 Å². The molecule has 2 saturated heterocycles. The number of carbonyl (C=O) groups is 2. The first kappa shape index (κ1) is 13.1. The van der Waals surface area contributed by atoms with Gasteiger partial charge in [0, 0.05) is 5.92 Å². The van der Waals surface area contributed by atoms with E-state index >= 15 is 0 Å². The number of rotatable bonds is 3. The summed E-state index contributed by atoms with van der Waals surface area (Å²) < 4.78 is 15.4. The van der Waals surface area contributed by atoms with Crippen LogP contribution in [0.3, 0.4) is 0 Å². The molecule has 4 atom stereocenters. The molecule has 6 nitrogen and oxygen atoms in total. The first-order chi connectivity index (χ1) is 9.65. The van der Waals surface area contributed by atoms with Gasteiger partial charge in [-0.2, -0.15) is 0 Å². The summed E-state index contributed by atoms with van der Waals surface area (Å²) in [5, 5.41) is 9.63. The highest BCUT2D eigenvalue weighted by atomic mass is 16.7. The second-order valence-corrected chi connectivity index (χ2v) is 4.85. The van der Waals surface area contributed by atoms with Gasteiger partial charge in [0.05, 0.1) is 12.0 Å². The van der Waals surface area contributed by atoms with Crippen molar-refractivity contribution >= 4 is 11.9 Å². The molecule has 6 heteroatoms. The maximum atomic E-state index is 11.8. The number of hydrogen-bond donors (Lipinski definition) is 1. The Balaban J connectivity index is 1.59. The van der Waals surface area contributed by atoms with Gasteiger partial charge >= 0.3 is 11.9 Å². The highest BCUT2D eigenvalue weighted by molar-refractivity contribution is 5.89. The van der Waals surface area contributed by atoms with Crippen LogP contribution in [0.5, 0.6) is 0 Å². The van der Waals surface area contributed by atoms with E-state index in [1.165, 1.54) is 0 Å². The topological polar surface area (TPSA) is 82.1 Å². The van der Waals surface area contributed by atoms with Gasteiger partial charge in [0.25, 0.3) is 0 Å². The predicted molar refractivity (Wildman–Crippen MR) is 65.6 cm³/mol. The van der Waals surface area contributed by atoms with Crippen LogP contribution in [-0.2, 0) is 19.0 Å². The van der Waals surface area contributed by atoms with E-state index in [1.54, 1.807) is 30.3 Å². The van der Waals surface area contributed by atoms with Crippen molar-refractivity contribution in [2.75, 3.05) is 6.61 Å². The average molecular weight is 278 g/mol. The highest BCUT2D eigenvalue weighted by Gasteiger charge is 2.51. The Hall–Kier alpha value is -1.92. The Morgan fingerprint density at radius 3 is 2.85 bits per heavy atom. The Morgan fingerprint density at radius 2 is 2.10 bits per heavy atom. The quantitative estimate of drug-likeness (QED) is 0.810. The zero-order valence-electron chi connectivity index (χ0n) is 10.6. The summed E-state index contributed by atoms with van der Waals surface area (Å²) in [5.41, 5.74) is 0.446. The second kappa shape index (κ2) is 5.22. The van der Waals surface area contributed by atoms with Crippen molar-refractivity contribution in [2.24, 2.45) is 5.92 Å². The number of aliphatic hydroxyl groups excluding tert-OH is 1. The number of ether oxygens (including phenoxy) is 3. The van der Waals surface area contributed by atoms with Crippen LogP contribution >= 0.6 is 0 Å². The van der Waals surface area contributed by atoms with Crippen molar-refractivity contribution in [3.8, 4) is 0 Å². The molecule has 0 aliphatic carbocycles. The van der Waals surface area contributed by atoms with Crippen LogP contribution in [0.1, 0.15) is 16.8 Å². The third-order valence-corrected chi connectivity index (χ3v) is 3.55. The van der Waals surface area contributed by atoms with Gasteiger partial charge < -0.3 is 19.3 Å². The highest BCUT2D eigenvalue weighted by Crippen LogP contribution is 2.36. The number of aliphatic hydroxyl groups is 1. The fraction of sp³-hybridized carbons (Fsp3) is 0.429. The minimum absolute atomic E-state index is 0.0113. The Kier molecular flexibility index (Phi) is 3.42. The van der Waals surface area contributed by atoms with Crippen LogP contribution in [0.4, 0.5) is 0 Å².